The average molecular weight is 572 g/mol. The minimum absolute atomic E-state index is 0.0218. The Morgan fingerprint density at radius 1 is 0.881 bits per heavy atom. The number of rotatable bonds is 12. The van der Waals surface area contributed by atoms with Crippen LogP contribution in [0.15, 0.2) is 78.9 Å². The zero-order chi connectivity index (χ0) is 29.4. The summed E-state index contributed by atoms with van der Waals surface area (Å²) in [5.41, 5.74) is 5.01. The maximum absolute atomic E-state index is 12.7. The monoisotopic (exact) mass is 571 g/mol. The van der Waals surface area contributed by atoms with E-state index in [9.17, 15) is 19.5 Å². The van der Waals surface area contributed by atoms with Crippen LogP contribution in [0.4, 0.5) is 4.79 Å². The standard InChI is InChI=1S/C33H37N3O6/c37-30(35-33(20-31(38)39)14-17-36(18-15-33)21-24-8-2-1-3-9-24)23-41-19-16-34-32(40)42-22-29-27-12-6-4-10-25(27)26-11-5-7-13-28(26)29/h1-13,29H,14-23H2,(H,34,40)(H,35,37)(H,38,39). The van der Waals surface area contributed by atoms with Crippen LogP contribution in [-0.2, 0) is 25.6 Å². The van der Waals surface area contributed by atoms with E-state index < -0.39 is 17.6 Å². The molecule has 0 spiro atoms. The van der Waals surface area contributed by atoms with Gasteiger partial charge >= 0.3 is 12.1 Å². The van der Waals surface area contributed by atoms with Crippen LogP contribution >= 0.6 is 0 Å². The number of benzene rings is 3. The molecule has 3 aromatic carbocycles. The molecule has 1 saturated heterocycles. The fourth-order valence-electron chi connectivity index (χ4n) is 5.99. The lowest BCUT2D eigenvalue weighted by Crippen LogP contribution is -2.56. The summed E-state index contributed by atoms with van der Waals surface area (Å²) in [6, 6.07) is 26.4. The van der Waals surface area contributed by atoms with E-state index in [0.29, 0.717) is 25.9 Å². The maximum atomic E-state index is 12.7. The van der Waals surface area contributed by atoms with Gasteiger partial charge in [0.1, 0.15) is 13.2 Å². The van der Waals surface area contributed by atoms with Gasteiger partial charge in [-0.05, 0) is 40.7 Å². The number of carbonyl (C=O) groups is 3. The zero-order valence-electron chi connectivity index (χ0n) is 23.6. The van der Waals surface area contributed by atoms with Crippen LogP contribution in [0.1, 0.15) is 41.9 Å². The number of nitrogens with zero attached hydrogens (tertiary/aromatic N) is 1. The molecule has 220 valence electrons. The summed E-state index contributed by atoms with van der Waals surface area (Å²) >= 11 is 0. The first kappa shape index (κ1) is 29.3. The first-order valence-corrected chi connectivity index (χ1v) is 14.4. The largest absolute Gasteiger partial charge is 0.481 e. The Morgan fingerprint density at radius 3 is 2.14 bits per heavy atom. The number of piperidine rings is 1. The highest BCUT2D eigenvalue weighted by Crippen LogP contribution is 2.44. The van der Waals surface area contributed by atoms with Gasteiger partial charge in [-0.15, -0.1) is 0 Å². The molecule has 1 aliphatic carbocycles. The molecule has 2 amide bonds. The van der Waals surface area contributed by atoms with Crippen molar-refractivity contribution in [1.29, 1.82) is 0 Å². The molecule has 9 nitrogen and oxygen atoms in total. The number of amides is 2. The van der Waals surface area contributed by atoms with Crippen LogP contribution in [0, 0.1) is 0 Å². The van der Waals surface area contributed by atoms with Crippen molar-refractivity contribution in [3.63, 3.8) is 0 Å². The van der Waals surface area contributed by atoms with Gasteiger partial charge in [-0.2, -0.15) is 0 Å². The number of likely N-dealkylation sites (tertiary alicyclic amines) is 1. The first-order valence-electron chi connectivity index (χ1n) is 14.4. The van der Waals surface area contributed by atoms with Gasteiger partial charge in [0.15, 0.2) is 0 Å². The van der Waals surface area contributed by atoms with Crippen molar-refractivity contribution in [1.82, 2.24) is 15.5 Å². The Balaban J connectivity index is 1.01. The molecule has 0 unspecified atom stereocenters. The minimum atomic E-state index is -0.944. The average Bonchev–Trinajstić information content (AvgIpc) is 3.31. The Hall–Kier alpha value is -4.21. The van der Waals surface area contributed by atoms with Gasteiger partial charge in [0, 0.05) is 32.1 Å². The Bertz CT molecular complexity index is 1340. The highest BCUT2D eigenvalue weighted by atomic mass is 16.5. The summed E-state index contributed by atoms with van der Waals surface area (Å²) in [4.78, 5) is 38.9. The van der Waals surface area contributed by atoms with Crippen LogP contribution < -0.4 is 10.6 Å². The molecule has 1 aliphatic heterocycles. The lowest BCUT2D eigenvalue weighted by atomic mass is 9.84. The number of hydrogen-bond acceptors (Lipinski definition) is 6. The van der Waals surface area contributed by atoms with Gasteiger partial charge in [0.25, 0.3) is 0 Å². The summed E-state index contributed by atoms with van der Waals surface area (Å²) in [6.45, 7) is 2.46. The molecule has 3 N–H and O–H groups in total. The fourth-order valence-corrected chi connectivity index (χ4v) is 5.99. The topological polar surface area (TPSA) is 117 Å². The molecule has 9 heteroatoms. The van der Waals surface area contributed by atoms with E-state index in [-0.39, 0.29) is 44.6 Å². The number of alkyl carbamates (subject to hydrolysis) is 1. The molecule has 0 atom stereocenters. The number of carboxylic acid groups (broad SMARTS) is 1. The highest BCUT2D eigenvalue weighted by molar-refractivity contribution is 5.80. The van der Waals surface area contributed by atoms with Crippen LogP contribution in [0.5, 0.6) is 0 Å². The molecule has 0 radical (unpaired) electrons. The van der Waals surface area contributed by atoms with E-state index in [0.717, 1.165) is 28.8 Å². The SMILES string of the molecule is O=C(O)CC1(NC(=O)COCCNC(=O)OCC2c3ccccc3-c3ccccc32)CCN(Cc2ccccc2)CC1. The molecule has 0 bridgehead atoms. The van der Waals surface area contributed by atoms with Crippen molar-refractivity contribution >= 4 is 18.0 Å². The van der Waals surface area contributed by atoms with Crippen LogP contribution in [-0.4, -0.2) is 73.0 Å². The summed E-state index contributed by atoms with van der Waals surface area (Å²) in [5.74, 6) is -1.33. The normalized spacial score (nSPS) is 15.8. The van der Waals surface area contributed by atoms with Gasteiger partial charge in [0.05, 0.1) is 18.6 Å². The van der Waals surface area contributed by atoms with Crippen molar-refractivity contribution < 1.29 is 29.0 Å². The van der Waals surface area contributed by atoms with Crippen LogP contribution in [0.2, 0.25) is 0 Å². The first-order chi connectivity index (χ1) is 20.4. The van der Waals surface area contributed by atoms with Gasteiger partial charge < -0.3 is 25.2 Å². The Labute approximate surface area is 245 Å². The van der Waals surface area contributed by atoms with Gasteiger partial charge in [-0.3, -0.25) is 14.5 Å². The maximum Gasteiger partial charge on any atom is 0.407 e. The van der Waals surface area contributed by atoms with E-state index in [1.165, 1.54) is 5.56 Å². The number of fused-ring (bicyclic) bond motifs is 3. The third-order valence-electron chi connectivity index (χ3n) is 8.05. The molecular weight excluding hydrogens is 534 g/mol. The van der Waals surface area contributed by atoms with Crippen LogP contribution in [0.25, 0.3) is 11.1 Å². The molecule has 2 aliphatic rings. The van der Waals surface area contributed by atoms with E-state index in [1.807, 2.05) is 42.5 Å². The number of hydrogen-bond donors (Lipinski definition) is 3. The van der Waals surface area contributed by atoms with Crippen molar-refractivity contribution in [2.75, 3.05) is 39.5 Å². The summed E-state index contributed by atoms with van der Waals surface area (Å²) < 4.78 is 11.0. The Morgan fingerprint density at radius 2 is 1.50 bits per heavy atom. The highest BCUT2D eigenvalue weighted by Gasteiger charge is 2.38. The predicted molar refractivity (Wildman–Crippen MR) is 158 cm³/mol. The molecule has 1 heterocycles. The van der Waals surface area contributed by atoms with Gasteiger partial charge in [-0.25, -0.2) is 4.79 Å². The van der Waals surface area contributed by atoms with Gasteiger partial charge in [-0.1, -0.05) is 78.9 Å². The van der Waals surface area contributed by atoms with E-state index in [2.05, 4.69) is 51.9 Å². The number of aliphatic carboxylic acids is 1. The van der Waals surface area contributed by atoms with E-state index in [1.54, 1.807) is 0 Å². The molecular formula is C33H37N3O6. The summed E-state index contributed by atoms with van der Waals surface area (Å²) in [5, 5.41) is 15.1. The lowest BCUT2D eigenvalue weighted by Gasteiger charge is -2.41. The van der Waals surface area contributed by atoms with Gasteiger partial charge in [0.2, 0.25) is 5.91 Å². The predicted octanol–water partition coefficient (Wildman–Crippen LogP) is 4.17. The van der Waals surface area contributed by atoms with E-state index in [4.69, 9.17) is 9.47 Å². The van der Waals surface area contributed by atoms with Crippen molar-refractivity contribution in [3.05, 3.63) is 95.6 Å². The number of carboxylic acids is 1. The smallest absolute Gasteiger partial charge is 0.407 e. The lowest BCUT2D eigenvalue weighted by molar-refractivity contribution is -0.140. The summed E-state index contributed by atoms with van der Waals surface area (Å²) in [6.07, 6.45) is 0.400. The number of ether oxygens (including phenoxy) is 2. The zero-order valence-corrected chi connectivity index (χ0v) is 23.6. The van der Waals surface area contributed by atoms with E-state index >= 15 is 0 Å². The fraction of sp³-hybridized carbons (Fsp3) is 0.364. The second kappa shape index (κ2) is 13.6. The third kappa shape index (κ3) is 7.35. The molecule has 1 fully saturated rings. The number of nitrogens with one attached hydrogen (secondary N) is 2. The molecule has 5 rings (SSSR count). The second-order valence-electron chi connectivity index (χ2n) is 11.0. The quantitative estimate of drug-likeness (QED) is 0.280. The molecule has 3 aromatic rings. The number of carbonyl (C=O) groups excluding carboxylic acids is 2. The van der Waals surface area contributed by atoms with Crippen LogP contribution in [0.3, 0.4) is 0 Å². The third-order valence-corrected chi connectivity index (χ3v) is 8.05. The van der Waals surface area contributed by atoms with Crippen molar-refractivity contribution in [2.24, 2.45) is 0 Å². The minimum Gasteiger partial charge on any atom is -0.481 e. The molecule has 0 aromatic heterocycles. The molecule has 0 saturated carbocycles. The van der Waals surface area contributed by atoms with Crippen molar-refractivity contribution in [2.45, 2.75) is 37.3 Å². The summed E-state index contributed by atoms with van der Waals surface area (Å²) in [7, 11) is 0. The Kier molecular flexibility index (Phi) is 9.51. The second-order valence-corrected chi connectivity index (χ2v) is 11.0. The van der Waals surface area contributed by atoms with Crippen molar-refractivity contribution in [3.8, 4) is 11.1 Å². The molecule has 42 heavy (non-hydrogen) atoms.